The van der Waals surface area contributed by atoms with Crippen LogP contribution in [0.2, 0.25) is 0 Å². The van der Waals surface area contributed by atoms with E-state index >= 15 is 0 Å². The van der Waals surface area contributed by atoms with Gasteiger partial charge in [-0.15, -0.1) is 18.0 Å². The Morgan fingerprint density at radius 2 is 2.35 bits per heavy atom. The first kappa shape index (κ1) is 14.7. The predicted molar refractivity (Wildman–Crippen MR) is 65.0 cm³/mol. The molecule has 1 heterocycles. The van der Waals surface area contributed by atoms with Crippen LogP contribution in [0.4, 0.5) is 0 Å². The maximum atomic E-state index is 5.76. The zero-order chi connectivity index (χ0) is 12.7. The Labute approximate surface area is 108 Å². The van der Waals surface area contributed by atoms with E-state index in [-0.39, 0.29) is 18.8 Å². The number of halogens is 1. The van der Waals surface area contributed by atoms with Gasteiger partial charge in [-0.3, -0.25) is 0 Å². The molecular formula is C12H19ClO4. The van der Waals surface area contributed by atoms with E-state index in [0.717, 1.165) is 0 Å². The number of rotatable bonds is 7. The molecule has 2 atom stereocenters. The fourth-order valence-electron chi connectivity index (χ4n) is 1.48. The number of hydrogen-bond donors (Lipinski definition) is 0. The summed E-state index contributed by atoms with van der Waals surface area (Å²) in [5.41, 5.74) is 0. The van der Waals surface area contributed by atoms with Crippen LogP contribution in [0.3, 0.4) is 0 Å². The van der Waals surface area contributed by atoms with E-state index in [0.29, 0.717) is 25.7 Å². The van der Waals surface area contributed by atoms with Crippen LogP contribution in [0.1, 0.15) is 13.8 Å². The molecule has 0 aliphatic carbocycles. The lowest BCUT2D eigenvalue weighted by Crippen LogP contribution is -2.29. The van der Waals surface area contributed by atoms with E-state index in [1.54, 1.807) is 0 Å². The molecule has 5 heteroatoms. The molecule has 98 valence electrons. The average molecular weight is 263 g/mol. The summed E-state index contributed by atoms with van der Waals surface area (Å²) in [4.78, 5) is 0. The van der Waals surface area contributed by atoms with E-state index in [4.69, 9.17) is 37.0 Å². The van der Waals surface area contributed by atoms with Crippen molar-refractivity contribution in [1.82, 2.24) is 0 Å². The third-order valence-electron chi connectivity index (χ3n) is 2.25. The molecule has 4 nitrogen and oxygen atoms in total. The summed E-state index contributed by atoms with van der Waals surface area (Å²) in [6.07, 6.45) is 4.85. The minimum Gasteiger partial charge on any atom is -0.372 e. The van der Waals surface area contributed by atoms with Crippen molar-refractivity contribution < 1.29 is 18.9 Å². The van der Waals surface area contributed by atoms with Crippen LogP contribution >= 0.6 is 11.6 Å². The molecule has 0 radical (unpaired) electrons. The molecule has 0 aromatic rings. The standard InChI is InChI=1S/C12H19ClO4/c1-4-5-14-7-10(6-13)15-8-11-9-16-12(2,3)17-11/h1,10-11H,5-9H2,2-3H3/t10-,11+/m1/s1. The van der Waals surface area contributed by atoms with Crippen LogP contribution in [-0.2, 0) is 18.9 Å². The Morgan fingerprint density at radius 1 is 1.59 bits per heavy atom. The quantitative estimate of drug-likeness (QED) is 0.395. The van der Waals surface area contributed by atoms with Crippen LogP contribution in [-0.4, -0.2) is 50.3 Å². The van der Waals surface area contributed by atoms with Crippen molar-refractivity contribution in [2.75, 3.05) is 32.3 Å². The highest BCUT2D eigenvalue weighted by molar-refractivity contribution is 6.18. The molecule has 0 aromatic heterocycles. The lowest BCUT2D eigenvalue weighted by atomic mass is 10.4. The minimum atomic E-state index is -0.523. The highest BCUT2D eigenvalue weighted by Crippen LogP contribution is 2.22. The van der Waals surface area contributed by atoms with E-state index in [1.165, 1.54) is 0 Å². The second kappa shape index (κ2) is 7.20. The summed E-state index contributed by atoms with van der Waals surface area (Å²) in [5, 5.41) is 0. The smallest absolute Gasteiger partial charge is 0.163 e. The lowest BCUT2D eigenvalue weighted by Gasteiger charge is -2.19. The largest absolute Gasteiger partial charge is 0.372 e. The highest BCUT2D eigenvalue weighted by Gasteiger charge is 2.33. The van der Waals surface area contributed by atoms with Gasteiger partial charge in [-0.2, -0.15) is 0 Å². The van der Waals surface area contributed by atoms with Gasteiger partial charge in [-0.1, -0.05) is 5.92 Å². The second-order valence-electron chi connectivity index (χ2n) is 4.28. The fourth-order valence-corrected chi connectivity index (χ4v) is 1.65. The first-order valence-electron chi connectivity index (χ1n) is 5.58. The molecule has 0 amide bonds. The number of terminal acetylenes is 1. The third kappa shape index (κ3) is 5.71. The van der Waals surface area contributed by atoms with Gasteiger partial charge >= 0.3 is 0 Å². The van der Waals surface area contributed by atoms with Crippen molar-refractivity contribution in [1.29, 1.82) is 0 Å². The van der Waals surface area contributed by atoms with Gasteiger partial charge in [0.25, 0.3) is 0 Å². The van der Waals surface area contributed by atoms with Crippen molar-refractivity contribution in [3.63, 3.8) is 0 Å². The Balaban J connectivity index is 2.17. The maximum absolute atomic E-state index is 5.76. The van der Waals surface area contributed by atoms with Crippen LogP contribution in [0.5, 0.6) is 0 Å². The molecular weight excluding hydrogens is 244 g/mol. The Hall–Kier alpha value is -0.310. The fraction of sp³-hybridized carbons (Fsp3) is 0.833. The molecule has 17 heavy (non-hydrogen) atoms. The van der Waals surface area contributed by atoms with Crippen molar-refractivity contribution in [2.24, 2.45) is 0 Å². The highest BCUT2D eigenvalue weighted by atomic mass is 35.5. The van der Waals surface area contributed by atoms with Crippen molar-refractivity contribution in [3.05, 3.63) is 0 Å². The van der Waals surface area contributed by atoms with Crippen LogP contribution in [0.15, 0.2) is 0 Å². The number of ether oxygens (including phenoxy) is 4. The molecule has 0 spiro atoms. The second-order valence-corrected chi connectivity index (χ2v) is 4.59. The first-order valence-corrected chi connectivity index (χ1v) is 6.11. The molecule has 0 bridgehead atoms. The normalized spacial score (nSPS) is 24.5. The summed E-state index contributed by atoms with van der Waals surface area (Å²) < 4.78 is 21.8. The van der Waals surface area contributed by atoms with Crippen LogP contribution in [0, 0.1) is 12.3 Å². The zero-order valence-electron chi connectivity index (χ0n) is 10.3. The number of alkyl halides is 1. The van der Waals surface area contributed by atoms with Gasteiger partial charge < -0.3 is 18.9 Å². The van der Waals surface area contributed by atoms with Crippen molar-refractivity contribution in [3.8, 4) is 12.3 Å². The lowest BCUT2D eigenvalue weighted by molar-refractivity contribution is -0.148. The van der Waals surface area contributed by atoms with Crippen LogP contribution in [0.25, 0.3) is 0 Å². The van der Waals surface area contributed by atoms with Gasteiger partial charge in [0.15, 0.2) is 5.79 Å². The molecule has 1 aliphatic heterocycles. The Morgan fingerprint density at radius 3 is 2.88 bits per heavy atom. The monoisotopic (exact) mass is 262 g/mol. The molecule has 1 rings (SSSR count). The molecule has 0 unspecified atom stereocenters. The molecule has 1 fully saturated rings. The molecule has 1 saturated heterocycles. The zero-order valence-corrected chi connectivity index (χ0v) is 11.0. The van der Waals surface area contributed by atoms with E-state index in [9.17, 15) is 0 Å². The van der Waals surface area contributed by atoms with Crippen molar-refractivity contribution >= 4 is 11.6 Å². The summed E-state index contributed by atoms with van der Waals surface area (Å²) in [5.74, 6) is 2.23. The van der Waals surface area contributed by atoms with Gasteiger partial charge in [0.2, 0.25) is 0 Å². The van der Waals surface area contributed by atoms with Gasteiger partial charge in [-0.25, -0.2) is 0 Å². The third-order valence-corrected chi connectivity index (χ3v) is 2.59. The van der Waals surface area contributed by atoms with Gasteiger partial charge in [0, 0.05) is 0 Å². The summed E-state index contributed by atoms with van der Waals surface area (Å²) in [6, 6.07) is 0. The summed E-state index contributed by atoms with van der Waals surface area (Å²) in [6.45, 7) is 5.40. The minimum absolute atomic E-state index is 0.0525. The molecule has 0 saturated carbocycles. The van der Waals surface area contributed by atoms with Crippen molar-refractivity contribution in [2.45, 2.75) is 31.8 Å². The topological polar surface area (TPSA) is 36.9 Å². The summed E-state index contributed by atoms with van der Waals surface area (Å²) in [7, 11) is 0. The molecule has 0 N–H and O–H groups in total. The summed E-state index contributed by atoms with van der Waals surface area (Å²) >= 11 is 5.76. The molecule has 1 aliphatic rings. The average Bonchev–Trinajstić information content (AvgIpc) is 2.63. The molecule has 0 aromatic carbocycles. The van der Waals surface area contributed by atoms with Gasteiger partial charge in [0.05, 0.1) is 31.8 Å². The number of hydrogen-bond acceptors (Lipinski definition) is 4. The Kier molecular flexibility index (Phi) is 6.24. The van der Waals surface area contributed by atoms with Gasteiger partial charge in [0.1, 0.15) is 12.7 Å². The Bertz CT molecular complexity index is 262. The SMILES string of the molecule is C#CCOC[C@@H](CCl)OC[C@H]1COC(C)(C)O1. The van der Waals surface area contributed by atoms with Gasteiger partial charge in [-0.05, 0) is 13.8 Å². The van der Waals surface area contributed by atoms with Crippen LogP contribution < -0.4 is 0 Å². The predicted octanol–water partition coefficient (Wildman–Crippen LogP) is 1.41. The van der Waals surface area contributed by atoms with E-state index in [1.807, 2.05) is 13.8 Å². The first-order chi connectivity index (χ1) is 8.07. The van der Waals surface area contributed by atoms with E-state index in [2.05, 4.69) is 5.92 Å². The maximum Gasteiger partial charge on any atom is 0.163 e. The van der Waals surface area contributed by atoms with E-state index < -0.39 is 5.79 Å².